The zero-order valence-electron chi connectivity index (χ0n) is 29.2. The van der Waals surface area contributed by atoms with E-state index < -0.39 is 28.5 Å². The molecule has 5 rings (SSSR count). The molecule has 270 valence electrons. The highest BCUT2D eigenvalue weighted by Gasteiger charge is 2.35. The van der Waals surface area contributed by atoms with Gasteiger partial charge in [0.1, 0.15) is 24.1 Å². The summed E-state index contributed by atoms with van der Waals surface area (Å²) in [6.07, 6.45) is 0.851. The van der Waals surface area contributed by atoms with Gasteiger partial charge in [-0.25, -0.2) is 8.42 Å². The van der Waals surface area contributed by atoms with Crippen LogP contribution in [0.5, 0.6) is 11.5 Å². The molecule has 0 aromatic heterocycles. The third kappa shape index (κ3) is 9.94. The van der Waals surface area contributed by atoms with E-state index in [1.807, 2.05) is 81.4 Å². The summed E-state index contributed by atoms with van der Waals surface area (Å²) < 4.78 is 35.8. The van der Waals surface area contributed by atoms with E-state index in [1.54, 1.807) is 54.6 Å². The van der Waals surface area contributed by atoms with E-state index in [0.717, 1.165) is 15.4 Å². The van der Waals surface area contributed by atoms with E-state index in [2.05, 4.69) is 5.32 Å². The fourth-order valence-electron chi connectivity index (χ4n) is 5.50. The molecule has 0 aliphatic rings. The van der Waals surface area contributed by atoms with E-state index in [0.29, 0.717) is 33.5 Å². The quantitative estimate of drug-likeness (QED) is 0.115. The van der Waals surface area contributed by atoms with Crippen LogP contribution < -0.4 is 14.4 Å². The van der Waals surface area contributed by atoms with Crippen LogP contribution in [0.25, 0.3) is 0 Å². The van der Waals surface area contributed by atoms with Crippen molar-refractivity contribution in [1.82, 2.24) is 10.2 Å². The number of amides is 2. The summed E-state index contributed by atoms with van der Waals surface area (Å²) in [5.41, 5.74) is 2.49. The smallest absolute Gasteiger partial charge is 0.264 e. The molecule has 5 aromatic rings. The predicted octanol–water partition coefficient (Wildman–Crippen LogP) is 8.84. The SMILES string of the molecule is CCC(C)NC(=O)C(Cc1ccccc1)N(Cc1ccc(Cl)cc1Cl)C(=O)CN(c1ccc(Oc2ccccc2)cc1)S(=O)(=O)c1ccc(C)cc1. The number of nitrogens with one attached hydrogen (secondary N) is 1. The highest BCUT2D eigenvalue weighted by Crippen LogP contribution is 2.30. The van der Waals surface area contributed by atoms with Crippen LogP contribution in [0.15, 0.2) is 132 Å². The van der Waals surface area contributed by atoms with Crippen molar-refractivity contribution < 1.29 is 22.7 Å². The van der Waals surface area contributed by atoms with Crippen LogP contribution in [0.3, 0.4) is 0 Å². The highest BCUT2D eigenvalue weighted by atomic mass is 35.5. The number of halogens is 2. The first kappa shape index (κ1) is 38.4. The average molecular weight is 759 g/mol. The molecular weight excluding hydrogens is 717 g/mol. The fraction of sp³-hybridized carbons (Fsp3) is 0.220. The molecule has 0 radical (unpaired) electrons. The molecule has 1 N–H and O–H groups in total. The molecule has 0 saturated carbocycles. The first-order valence-corrected chi connectivity index (χ1v) is 19.1. The van der Waals surface area contributed by atoms with Crippen molar-refractivity contribution in [2.24, 2.45) is 0 Å². The van der Waals surface area contributed by atoms with Crippen LogP contribution >= 0.6 is 23.2 Å². The molecule has 0 bridgehead atoms. The van der Waals surface area contributed by atoms with Crippen molar-refractivity contribution in [3.05, 3.63) is 154 Å². The largest absolute Gasteiger partial charge is 0.457 e. The second-order valence-corrected chi connectivity index (χ2v) is 15.2. The van der Waals surface area contributed by atoms with Crippen LogP contribution in [-0.4, -0.2) is 43.8 Å². The van der Waals surface area contributed by atoms with Crippen molar-refractivity contribution in [3.8, 4) is 11.5 Å². The second-order valence-electron chi connectivity index (χ2n) is 12.5. The lowest BCUT2D eigenvalue weighted by molar-refractivity contribution is -0.140. The van der Waals surface area contributed by atoms with Crippen molar-refractivity contribution in [1.29, 1.82) is 0 Å². The van der Waals surface area contributed by atoms with Gasteiger partial charge in [0.05, 0.1) is 10.6 Å². The maximum absolute atomic E-state index is 14.8. The Balaban J connectivity index is 1.58. The first-order chi connectivity index (χ1) is 24.9. The molecule has 52 heavy (non-hydrogen) atoms. The lowest BCUT2D eigenvalue weighted by atomic mass is 10.0. The minimum Gasteiger partial charge on any atom is -0.457 e. The van der Waals surface area contributed by atoms with Gasteiger partial charge in [0, 0.05) is 29.1 Å². The average Bonchev–Trinajstić information content (AvgIpc) is 3.14. The number of carbonyl (C=O) groups is 2. The number of nitrogens with zero attached hydrogens (tertiary/aromatic N) is 2. The Bertz CT molecular complexity index is 2060. The van der Waals surface area contributed by atoms with Gasteiger partial charge in [-0.05, 0) is 92.1 Å². The minimum absolute atomic E-state index is 0.0122. The molecule has 0 heterocycles. The highest BCUT2D eigenvalue weighted by molar-refractivity contribution is 7.92. The Morgan fingerprint density at radius 1 is 0.808 bits per heavy atom. The van der Waals surface area contributed by atoms with Crippen LogP contribution in [0, 0.1) is 6.92 Å². The van der Waals surface area contributed by atoms with Crippen molar-refractivity contribution in [2.75, 3.05) is 10.8 Å². The van der Waals surface area contributed by atoms with Gasteiger partial charge < -0.3 is 15.0 Å². The topological polar surface area (TPSA) is 96.0 Å². The zero-order chi connectivity index (χ0) is 37.3. The molecule has 0 saturated heterocycles. The molecule has 0 fully saturated rings. The maximum Gasteiger partial charge on any atom is 0.264 e. The second kappa shape index (κ2) is 17.6. The van der Waals surface area contributed by atoms with E-state index >= 15 is 0 Å². The van der Waals surface area contributed by atoms with Crippen molar-refractivity contribution >= 4 is 50.7 Å². The maximum atomic E-state index is 14.8. The minimum atomic E-state index is -4.28. The Morgan fingerprint density at radius 2 is 1.42 bits per heavy atom. The number of rotatable bonds is 15. The van der Waals surface area contributed by atoms with Crippen molar-refractivity contribution in [2.45, 2.75) is 57.1 Å². The monoisotopic (exact) mass is 757 g/mol. The third-order valence-corrected chi connectivity index (χ3v) is 11.0. The van der Waals surface area contributed by atoms with Gasteiger partial charge in [-0.1, -0.05) is 102 Å². The molecule has 0 aliphatic heterocycles. The van der Waals surface area contributed by atoms with Crippen LogP contribution in [0.4, 0.5) is 5.69 Å². The van der Waals surface area contributed by atoms with E-state index in [1.165, 1.54) is 17.0 Å². The van der Waals surface area contributed by atoms with Crippen molar-refractivity contribution in [3.63, 3.8) is 0 Å². The molecule has 8 nitrogen and oxygen atoms in total. The number of para-hydroxylation sites is 1. The Kier molecular flexibility index (Phi) is 13.0. The van der Waals surface area contributed by atoms with Gasteiger partial charge in [0.15, 0.2) is 0 Å². The zero-order valence-corrected chi connectivity index (χ0v) is 31.5. The number of benzene rings is 5. The van der Waals surface area contributed by atoms with Gasteiger partial charge >= 0.3 is 0 Å². The lowest BCUT2D eigenvalue weighted by Gasteiger charge is -2.34. The molecule has 11 heteroatoms. The van der Waals surface area contributed by atoms with Gasteiger partial charge in [0.25, 0.3) is 10.0 Å². The normalized spacial score (nSPS) is 12.4. The molecule has 0 aliphatic carbocycles. The number of anilines is 1. The summed E-state index contributed by atoms with van der Waals surface area (Å²) >= 11 is 12.8. The molecule has 5 aromatic carbocycles. The molecule has 2 amide bonds. The van der Waals surface area contributed by atoms with Gasteiger partial charge in [-0.3, -0.25) is 13.9 Å². The van der Waals surface area contributed by atoms with E-state index in [4.69, 9.17) is 27.9 Å². The summed E-state index contributed by atoms with van der Waals surface area (Å²) in [4.78, 5) is 30.3. The summed E-state index contributed by atoms with van der Waals surface area (Å²) in [6, 6.07) is 35.2. The van der Waals surface area contributed by atoms with E-state index in [9.17, 15) is 18.0 Å². The fourth-order valence-corrected chi connectivity index (χ4v) is 7.38. The number of sulfonamides is 1. The van der Waals surface area contributed by atoms with Crippen LogP contribution in [0.1, 0.15) is 37.0 Å². The number of hydrogen-bond donors (Lipinski definition) is 1. The number of hydrogen-bond acceptors (Lipinski definition) is 5. The number of carbonyl (C=O) groups excluding carboxylic acids is 2. The van der Waals surface area contributed by atoms with Gasteiger partial charge in [-0.2, -0.15) is 0 Å². The number of ether oxygens (including phenoxy) is 1. The van der Waals surface area contributed by atoms with Gasteiger partial charge in [-0.15, -0.1) is 0 Å². The lowest BCUT2D eigenvalue weighted by Crippen LogP contribution is -2.54. The van der Waals surface area contributed by atoms with Gasteiger partial charge in [0.2, 0.25) is 11.8 Å². The predicted molar refractivity (Wildman–Crippen MR) is 208 cm³/mol. The summed E-state index contributed by atoms with van der Waals surface area (Å²) in [5, 5.41) is 3.76. The summed E-state index contributed by atoms with van der Waals surface area (Å²) in [5.74, 6) is 0.127. The number of aryl methyl sites for hydroxylation is 1. The first-order valence-electron chi connectivity index (χ1n) is 16.9. The Hall–Kier alpha value is -4.83. The standard InChI is InChI=1S/C41H41Cl2N3O5S/c1-4-30(3)44-41(48)39(25-31-11-7-5-8-12-31)45(27-32-17-18-33(42)26-38(32)43)40(47)28-46(52(49,50)37-23-15-29(2)16-24-37)34-19-21-36(22-20-34)51-35-13-9-6-10-14-35/h5-24,26,30,39H,4,25,27-28H2,1-3H3,(H,44,48). The molecule has 0 spiro atoms. The molecular formula is C41H41Cl2N3O5S. The van der Waals surface area contributed by atoms with E-state index in [-0.39, 0.29) is 35.5 Å². The van der Waals surface area contributed by atoms with Crippen LogP contribution in [0.2, 0.25) is 10.0 Å². The Morgan fingerprint density at radius 3 is 2.04 bits per heavy atom. The van der Waals surface area contributed by atoms with Crippen LogP contribution in [-0.2, 0) is 32.6 Å². The summed E-state index contributed by atoms with van der Waals surface area (Å²) in [7, 11) is -4.28. The third-order valence-electron chi connectivity index (χ3n) is 8.62. The Labute approximate surface area is 316 Å². The summed E-state index contributed by atoms with van der Waals surface area (Å²) in [6.45, 7) is 5.02. The molecule has 2 atom stereocenters. The molecule has 2 unspecified atom stereocenters.